The first-order valence-corrected chi connectivity index (χ1v) is 18.3. The van der Waals surface area contributed by atoms with Gasteiger partial charge in [0.05, 0.1) is 18.1 Å². The van der Waals surface area contributed by atoms with Crippen LogP contribution in [0.4, 0.5) is 0 Å². The summed E-state index contributed by atoms with van der Waals surface area (Å²) in [6.07, 6.45) is 10.1. The molecule has 52 heavy (non-hydrogen) atoms. The Morgan fingerprint density at radius 3 is 2.62 bits per heavy atom. The van der Waals surface area contributed by atoms with E-state index < -0.39 is 59.8 Å². The standard InChI is InChI=1S/C39H52N4O9/c1-23(2)33-36(47)40-30(22-26-11-9-12-27(45)21-26)37(48)43-19-10-13-29(42-43)38(49)50-31(24(3)17-20-44)14-7-6-8-15-32-25(4)34-28(35(46)41-33)16-18-39(5,51-32)52-34/h6-9,11-12,15,17,20-21,23,25,28-34,42,45H,10,13-14,16,18-19,22H2,1-5H3,(H,40,47)(H,41,46)/b7-6+,15-8+,24-17+/t25-,28+,29-,30-,31+,32-,33+,34+,39+/m0/s1. The monoisotopic (exact) mass is 720 g/mol. The molecular weight excluding hydrogens is 668 g/mol. The van der Waals surface area contributed by atoms with E-state index >= 15 is 0 Å². The molecule has 0 spiro atoms. The number of rotatable bonds is 5. The van der Waals surface area contributed by atoms with Crippen molar-refractivity contribution in [3.05, 3.63) is 65.8 Å². The van der Waals surface area contributed by atoms with E-state index in [-0.39, 0.29) is 42.6 Å². The molecule has 0 aliphatic carbocycles. The predicted molar refractivity (Wildman–Crippen MR) is 191 cm³/mol. The molecule has 13 heteroatoms. The molecule has 1 aromatic carbocycles. The number of esters is 1. The van der Waals surface area contributed by atoms with Crippen LogP contribution in [0.1, 0.15) is 72.3 Å². The lowest BCUT2D eigenvalue weighted by Gasteiger charge is -2.51. The molecule has 4 N–H and O–H groups in total. The van der Waals surface area contributed by atoms with Crippen LogP contribution in [0.25, 0.3) is 0 Å². The van der Waals surface area contributed by atoms with Gasteiger partial charge in [0, 0.05) is 31.7 Å². The minimum atomic E-state index is -1.11. The minimum Gasteiger partial charge on any atom is -0.508 e. The van der Waals surface area contributed by atoms with Crippen molar-refractivity contribution in [2.75, 3.05) is 6.54 Å². The Labute approximate surface area is 305 Å². The Morgan fingerprint density at radius 1 is 1.10 bits per heavy atom. The van der Waals surface area contributed by atoms with Crippen molar-refractivity contribution in [3.63, 3.8) is 0 Å². The Bertz CT molecular complexity index is 1590. The SMILES string of the molecule is C/C(=C\C=O)[C@H]1C/C=C/C=C/[C@@H]2O[C@@]3(C)CC[C@@H](C(=O)N[C@H](C(C)C)C(=O)N[C@@H](Cc4cccc(O)c4)C(=O)N4CCC[C@H](N4)C(=O)O1)[C@H](O3)[C@H]2C. The number of allylic oxidation sites excluding steroid dienone is 3. The van der Waals surface area contributed by atoms with Crippen LogP contribution >= 0.6 is 0 Å². The Balaban J connectivity index is 1.49. The van der Waals surface area contributed by atoms with Crippen molar-refractivity contribution in [3.8, 4) is 5.75 Å². The lowest BCUT2D eigenvalue weighted by atomic mass is 9.79. The smallest absolute Gasteiger partial charge is 0.325 e. The van der Waals surface area contributed by atoms with Gasteiger partial charge in [-0.05, 0) is 68.4 Å². The highest BCUT2D eigenvalue weighted by Gasteiger charge is 2.51. The molecular formula is C39H52N4O9. The maximum absolute atomic E-state index is 14.2. The third-order valence-corrected chi connectivity index (χ3v) is 10.4. The van der Waals surface area contributed by atoms with Gasteiger partial charge in [0.25, 0.3) is 5.91 Å². The first-order valence-electron chi connectivity index (χ1n) is 18.3. The summed E-state index contributed by atoms with van der Waals surface area (Å²) in [6, 6.07) is 3.49. The first-order chi connectivity index (χ1) is 24.8. The van der Waals surface area contributed by atoms with Gasteiger partial charge in [-0.1, -0.05) is 57.2 Å². The third kappa shape index (κ3) is 9.36. The summed E-state index contributed by atoms with van der Waals surface area (Å²) in [6.45, 7) is 9.47. The second-order valence-electron chi connectivity index (χ2n) is 14.8. The molecule has 3 fully saturated rings. The molecule has 3 amide bonds. The molecule has 282 valence electrons. The summed E-state index contributed by atoms with van der Waals surface area (Å²) >= 11 is 0. The molecule has 13 nitrogen and oxygen atoms in total. The number of aromatic hydroxyl groups is 1. The number of hydrazine groups is 1. The molecule has 5 bridgehead atoms. The van der Waals surface area contributed by atoms with E-state index in [1.54, 1.807) is 19.1 Å². The normalized spacial score (nSPS) is 35.0. The highest BCUT2D eigenvalue weighted by molar-refractivity contribution is 5.93. The Morgan fingerprint density at radius 2 is 1.88 bits per heavy atom. The van der Waals surface area contributed by atoms with Gasteiger partial charge in [0.1, 0.15) is 36.3 Å². The first kappa shape index (κ1) is 38.9. The summed E-state index contributed by atoms with van der Waals surface area (Å²) in [5.74, 6) is -3.85. The quantitative estimate of drug-likeness (QED) is 0.201. The Kier molecular flexibility index (Phi) is 12.7. The van der Waals surface area contributed by atoms with Crippen LogP contribution in [0.3, 0.4) is 0 Å². The number of benzene rings is 1. The van der Waals surface area contributed by atoms with E-state index in [2.05, 4.69) is 16.1 Å². The van der Waals surface area contributed by atoms with Crippen molar-refractivity contribution < 1.29 is 43.3 Å². The van der Waals surface area contributed by atoms with E-state index in [4.69, 9.17) is 14.2 Å². The maximum atomic E-state index is 14.2. The number of phenols is 1. The molecule has 4 aliphatic rings. The predicted octanol–water partition coefficient (Wildman–Crippen LogP) is 3.18. The van der Waals surface area contributed by atoms with Gasteiger partial charge in [-0.2, -0.15) is 0 Å². The molecule has 0 saturated carbocycles. The number of phenolic OH excluding ortho intramolecular Hbond substituents is 1. The fraction of sp³-hybridized carbons (Fsp3) is 0.564. The second-order valence-corrected chi connectivity index (χ2v) is 14.8. The average molecular weight is 721 g/mol. The van der Waals surface area contributed by atoms with Crippen LogP contribution in [0.5, 0.6) is 5.75 Å². The van der Waals surface area contributed by atoms with Gasteiger partial charge in [-0.15, -0.1) is 0 Å². The minimum absolute atomic E-state index is 0.00936. The third-order valence-electron chi connectivity index (χ3n) is 10.4. The zero-order valence-electron chi connectivity index (χ0n) is 30.6. The molecule has 4 heterocycles. The fourth-order valence-corrected chi connectivity index (χ4v) is 7.35. The molecule has 9 atom stereocenters. The van der Waals surface area contributed by atoms with Crippen LogP contribution in [0.15, 0.2) is 60.2 Å². The highest BCUT2D eigenvalue weighted by atomic mass is 16.7. The van der Waals surface area contributed by atoms with Gasteiger partial charge >= 0.3 is 5.97 Å². The second kappa shape index (κ2) is 17.0. The van der Waals surface area contributed by atoms with Crippen molar-refractivity contribution in [1.82, 2.24) is 21.1 Å². The molecule has 0 unspecified atom stereocenters. The zero-order valence-corrected chi connectivity index (χ0v) is 30.6. The number of amides is 3. The fourth-order valence-electron chi connectivity index (χ4n) is 7.35. The van der Waals surface area contributed by atoms with Crippen LogP contribution in [0.2, 0.25) is 0 Å². The number of fused-ring (bicyclic) bond motifs is 4. The van der Waals surface area contributed by atoms with Gasteiger partial charge in [-0.3, -0.25) is 29.0 Å². The number of cyclic esters (lactones) is 1. The van der Waals surface area contributed by atoms with Crippen molar-refractivity contribution >= 4 is 30.0 Å². The van der Waals surface area contributed by atoms with Crippen molar-refractivity contribution in [2.24, 2.45) is 17.8 Å². The molecule has 4 aliphatic heterocycles. The van der Waals surface area contributed by atoms with Gasteiger partial charge in [0.2, 0.25) is 11.8 Å². The summed E-state index contributed by atoms with van der Waals surface area (Å²) in [5.41, 5.74) is 4.17. The van der Waals surface area contributed by atoms with Crippen LogP contribution in [0, 0.1) is 17.8 Å². The number of aldehydes is 1. The maximum Gasteiger partial charge on any atom is 0.325 e. The van der Waals surface area contributed by atoms with Crippen LogP contribution in [-0.4, -0.2) is 88.9 Å². The zero-order chi connectivity index (χ0) is 37.6. The van der Waals surface area contributed by atoms with Gasteiger partial charge in [0.15, 0.2) is 5.79 Å². The van der Waals surface area contributed by atoms with E-state index in [0.29, 0.717) is 49.5 Å². The van der Waals surface area contributed by atoms with Gasteiger partial charge in [-0.25, -0.2) is 5.43 Å². The summed E-state index contributed by atoms with van der Waals surface area (Å²) in [7, 11) is 0. The van der Waals surface area contributed by atoms with Crippen LogP contribution < -0.4 is 16.1 Å². The Hall–Kier alpha value is -4.33. The molecule has 5 rings (SSSR count). The van der Waals surface area contributed by atoms with Gasteiger partial charge < -0.3 is 30.0 Å². The number of hydrogen-bond donors (Lipinski definition) is 4. The molecule has 1 aromatic rings. The van der Waals surface area contributed by atoms with Crippen LogP contribution in [-0.2, 0) is 44.6 Å². The largest absolute Gasteiger partial charge is 0.508 e. The van der Waals surface area contributed by atoms with E-state index in [0.717, 1.165) is 0 Å². The van der Waals surface area contributed by atoms with E-state index in [9.17, 15) is 29.1 Å². The molecule has 3 saturated heterocycles. The van der Waals surface area contributed by atoms with E-state index in [1.165, 1.54) is 23.2 Å². The topological polar surface area (TPSA) is 173 Å². The lowest BCUT2D eigenvalue weighted by Crippen LogP contribution is -2.63. The summed E-state index contributed by atoms with van der Waals surface area (Å²) in [4.78, 5) is 67.1. The molecule has 0 radical (unpaired) electrons. The number of nitrogens with zero attached hydrogens (tertiary/aromatic N) is 1. The number of carbonyl (C=O) groups is 5. The number of nitrogens with one attached hydrogen (secondary N) is 3. The molecule has 0 aromatic heterocycles. The lowest BCUT2D eigenvalue weighted by molar-refractivity contribution is -0.344. The summed E-state index contributed by atoms with van der Waals surface area (Å²) in [5, 5.41) is 17.3. The number of carbonyl (C=O) groups excluding carboxylic acids is 5. The summed E-state index contributed by atoms with van der Waals surface area (Å²) < 4.78 is 18.6. The average Bonchev–Trinajstić information content (AvgIpc) is 3.10. The number of ether oxygens (including phenoxy) is 3. The van der Waals surface area contributed by atoms with E-state index in [1.807, 2.05) is 52.0 Å². The van der Waals surface area contributed by atoms with Crippen molar-refractivity contribution in [1.29, 1.82) is 0 Å². The number of hydrogen-bond acceptors (Lipinski definition) is 10. The highest BCUT2D eigenvalue weighted by Crippen LogP contribution is 2.44. The van der Waals surface area contributed by atoms with Crippen molar-refractivity contribution in [2.45, 2.75) is 115 Å².